The van der Waals surface area contributed by atoms with E-state index >= 15 is 0 Å². The number of nitro groups is 1. The number of rotatable bonds is 6. The zero-order valence-corrected chi connectivity index (χ0v) is 12.4. The normalized spacial score (nSPS) is 18.8. The summed E-state index contributed by atoms with van der Waals surface area (Å²) >= 11 is 2.01. The average Bonchev–Trinajstić information content (AvgIpc) is 2.48. The molecule has 0 saturated carbocycles. The van der Waals surface area contributed by atoms with Gasteiger partial charge in [0.1, 0.15) is 5.75 Å². The predicted octanol–water partition coefficient (Wildman–Crippen LogP) is 2.98. The molecule has 6 heteroatoms. The summed E-state index contributed by atoms with van der Waals surface area (Å²) in [5.74, 6) is 1.94. The van der Waals surface area contributed by atoms with Crippen LogP contribution in [-0.4, -0.2) is 29.6 Å². The first-order valence-corrected chi connectivity index (χ1v) is 7.89. The van der Waals surface area contributed by atoms with Crippen LogP contribution in [-0.2, 0) is 6.54 Å². The van der Waals surface area contributed by atoms with Crippen molar-refractivity contribution < 1.29 is 9.66 Å². The van der Waals surface area contributed by atoms with Gasteiger partial charge in [-0.3, -0.25) is 10.1 Å². The number of benzene rings is 1. The molecule has 1 heterocycles. The van der Waals surface area contributed by atoms with Gasteiger partial charge in [-0.05, 0) is 24.7 Å². The van der Waals surface area contributed by atoms with Gasteiger partial charge in [0.05, 0.1) is 12.0 Å². The number of ether oxygens (including phenoxy) is 1. The number of methoxy groups -OCH3 is 1. The summed E-state index contributed by atoms with van der Waals surface area (Å²) in [6.07, 6.45) is 3.88. The highest BCUT2D eigenvalue weighted by Gasteiger charge is 2.15. The first-order valence-electron chi connectivity index (χ1n) is 6.84. The highest BCUT2D eigenvalue weighted by Crippen LogP contribution is 2.26. The molecule has 1 saturated heterocycles. The Labute approximate surface area is 123 Å². The predicted molar refractivity (Wildman–Crippen MR) is 81.5 cm³/mol. The van der Waals surface area contributed by atoms with Crippen LogP contribution in [0.15, 0.2) is 18.2 Å². The van der Waals surface area contributed by atoms with E-state index in [0.717, 1.165) is 12.1 Å². The average molecular weight is 296 g/mol. The van der Waals surface area contributed by atoms with Crippen molar-refractivity contribution in [1.82, 2.24) is 5.32 Å². The smallest absolute Gasteiger partial charge is 0.270 e. The van der Waals surface area contributed by atoms with Gasteiger partial charge in [-0.25, -0.2) is 0 Å². The highest BCUT2D eigenvalue weighted by atomic mass is 32.2. The van der Waals surface area contributed by atoms with Gasteiger partial charge in [-0.1, -0.05) is 6.42 Å². The molecule has 20 heavy (non-hydrogen) atoms. The molecule has 0 spiro atoms. The van der Waals surface area contributed by atoms with Crippen LogP contribution in [0.2, 0.25) is 0 Å². The summed E-state index contributed by atoms with van der Waals surface area (Å²) in [6, 6.07) is 4.71. The largest absolute Gasteiger partial charge is 0.496 e. The molecule has 1 atom stereocenters. The maximum absolute atomic E-state index is 10.8. The Morgan fingerprint density at radius 1 is 1.50 bits per heavy atom. The van der Waals surface area contributed by atoms with Crippen LogP contribution in [0.25, 0.3) is 0 Å². The molecule has 1 fully saturated rings. The Hall–Kier alpha value is -1.27. The second-order valence-corrected chi connectivity index (χ2v) is 6.28. The van der Waals surface area contributed by atoms with Gasteiger partial charge >= 0.3 is 0 Å². The first kappa shape index (κ1) is 15.1. The zero-order valence-electron chi connectivity index (χ0n) is 11.6. The minimum Gasteiger partial charge on any atom is -0.496 e. The lowest BCUT2D eigenvalue weighted by molar-refractivity contribution is -0.384. The number of nitro benzene ring substituents is 1. The molecule has 1 aliphatic heterocycles. The summed E-state index contributed by atoms with van der Waals surface area (Å²) < 4.78 is 5.25. The van der Waals surface area contributed by atoms with Gasteiger partial charge in [0.15, 0.2) is 0 Å². The monoisotopic (exact) mass is 296 g/mol. The van der Waals surface area contributed by atoms with Crippen molar-refractivity contribution in [3.05, 3.63) is 33.9 Å². The Bertz CT molecular complexity index is 462. The second kappa shape index (κ2) is 7.50. The van der Waals surface area contributed by atoms with Crippen LogP contribution >= 0.6 is 11.8 Å². The molecular weight excluding hydrogens is 276 g/mol. The van der Waals surface area contributed by atoms with E-state index in [9.17, 15) is 10.1 Å². The van der Waals surface area contributed by atoms with E-state index in [-0.39, 0.29) is 10.6 Å². The lowest BCUT2D eigenvalue weighted by Crippen LogP contribution is -2.26. The molecule has 1 aromatic carbocycles. The molecule has 0 aliphatic carbocycles. The molecular formula is C14H20N2O3S. The number of hydrogen-bond donors (Lipinski definition) is 1. The standard InChI is InChI=1S/C14H20N2O3S/c1-19-14-6-5-12(16(17)18)8-11(14)9-15-10-13-4-2-3-7-20-13/h5-6,8,13,15H,2-4,7,9-10H2,1H3. The lowest BCUT2D eigenvalue weighted by atomic mass is 10.1. The number of non-ortho nitro benzene ring substituents is 1. The molecule has 0 radical (unpaired) electrons. The Morgan fingerprint density at radius 3 is 3.00 bits per heavy atom. The lowest BCUT2D eigenvalue weighted by Gasteiger charge is -2.21. The fourth-order valence-electron chi connectivity index (χ4n) is 2.35. The molecule has 0 amide bonds. The maximum atomic E-state index is 10.8. The Kier molecular flexibility index (Phi) is 5.67. The van der Waals surface area contributed by atoms with Crippen molar-refractivity contribution in [3.8, 4) is 5.75 Å². The molecule has 0 aromatic heterocycles. The first-order chi connectivity index (χ1) is 9.70. The van der Waals surface area contributed by atoms with Crippen LogP contribution in [0.1, 0.15) is 24.8 Å². The maximum Gasteiger partial charge on any atom is 0.270 e. The van der Waals surface area contributed by atoms with E-state index < -0.39 is 0 Å². The van der Waals surface area contributed by atoms with Crippen molar-refractivity contribution in [1.29, 1.82) is 0 Å². The highest BCUT2D eigenvalue weighted by molar-refractivity contribution is 7.99. The van der Waals surface area contributed by atoms with Gasteiger partial charge in [0.25, 0.3) is 5.69 Å². The molecule has 1 aromatic rings. The fraction of sp³-hybridized carbons (Fsp3) is 0.571. The topological polar surface area (TPSA) is 64.4 Å². The third-order valence-electron chi connectivity index (χ3n) is 3.44. The van der Waals surface area contributed by atoms with E-state index in [4.69, 9.17) is 4.74 Å². The number of nitrogens with one attached hydrogen (secondary N) is 1. The number of nitrogens with zero attached hydrogens (tertiary/aromatic N) is 1. The fourth-order valence-corrected chi connectivity index (χ4v) is 3.63. The van der Waals surface area contributed by atoms with Crippen LogP contribution in [0, 0.1) is 10.1 Å². The van der Waals surface area contributed by atoms with E-state index in [2.05, 4.69) is 5.32 Å². The van der Waals surface area contributed by atoms with Gasteiger partial charge in [-0.15, -0.1) is 0 Å². The van der Waals surface area contributed by atoms with Crippen molar-refractivity contribution in [2.45, 2.75) is 31.1 Å². The second-order valence-electron chi connectivity index (χ2n) is 4.87. The summed E-state index contributed by atoms with van der Waals surface area (Å²) in [4.78, 5) is 10.4. The van der Waals surface area contributed by atoms with Gasteiger partial charge < -0.3 is 10.1 Å². The number of thioether (sulfide) groups is 1. The van der Waals surface area contributed by atoms with Crippen molar-refractivity contribution in [2.75, 3.05) is 19.4 Å². The Balaban J connectivity index is 1.93. The van der Waals surface area contributed by atoms with E-state index in [0.29, 0.717) is 17.5 Å². The summed E-state index contributed by atoms with van der Waals surface area (Å²) in [5, 5.41) is 14.9. The van der Waals surface area contributed by atoms with Crippen molar-refractivity contribution in [2.24, 2.45) is 0 Å². The van der Waals surface area contributed by atoms with Crippen molar-refractivity contribution in [3.63, 3.8) is 0 Å². The summed E-state index contributed by atoms with van der Waals surface area (Å²) in [7, 11) is 1.58. The Morgan fingerprint density at radius 2 is 2.35 bits per heavy atom. The minimum atomic E-state index is -0.375. The van der Waals surface area contributed by atoms with Gasteiger partial charge in [-0.2, -0.15) is 11.8 Å². The zero-order chi connectivity index (χ0) is 14.4. The van der Waals surface area contributed by atoms with Gasteiger partial charge in [0, 0.05) is 36.0 Å². The SMILES string of the molecule is COc1ccc([N+](=O)[O-])cc1CNCC1CCCCS1. The molecule has 2 rings (SSSR count). The van der Waals surface area contributed by atoms with E-state index in [1.807, 2.05) is 11.8 Å². The summed E-state index contributed by atoms with van der Waals surface area (Å²) in [6.45, 7) is 1.54. The number of hydrogen-bond acceptors (Lipinski definition) is 5. The molecule has 5 nitrogen and oxygen atoms in total. The molecule has 1 N–H and O–H groups in total. The quantitative estimate of drug-likeness (QED) is 0.646. The molecule has 1 aliphatic rings. The van der Waals surface area contributed by atoms with E-state index in [1.54, 1.807) is 19.2 Å². The van der Waals surface area contributed by atoms with Gasteiger partial charge in [0.2, 0.25) is 0 Å². The van der Waals surface area contributed by atoms with E-state index in [1.165, 1.54) is 31.1 Å². The molecule has 1 unspecified atom stereocenters. The van der Waals surface area contributed by atoms with Crippen LogP contribution in [0.5, 0.6) is 5.75 Å². The third kappa shape index (κ3) is 4.11. The molecule has 0 bridgehead atoms. The minimum absolute atomic E-state index is 0.106. The molecule has 110 valence electrons. The van der Waals surface area contributed by atoms with Crippen LogP contribution in [0.3, 0.4) is 0 Å². The third-order valence-corrected chi connectivity index (χ3v) is 4.83. The summed E-state index contributed by atoms with van der Waals surface area (Å²) in [5.41, 5.74) is 0.942. The van der Waals surface area contributed by atoms with Crippen LogP contribution in [0.4, 0.5) is 5.69 Å². The van der Waals surface area contributed by atoms with Crippen LogP contribution < -0.4 is 10.1 Å². The van der Waals surface area contributed by atoms with Crippen molar-refractivity contribution >= 4 is 17.4 Å².